The van der Waals surface area contributed by atoms with E-state index in [0.29, 0.717) is 23.7 Å². The van der Waals surface area contributed by atoms with E-state index in [9.17, 15) is 14.7 Å². The summed E-state index contributed by atoms with van der Waals surface area (Å²) in [7, 11) is 0. The quantitative estimate of drug-likeness (QED) is 0.448. The maximum Gasteiger partial charge on any atom is 0.324 e. The molecule has 1 N–H and O–H groups in total. The minimum atomic E-state index is -0.639. The van der Waals surface area contributed by atoms with E-state index in [1.807, 2.05) is 45.0 Å². The van der Waals surface area contributed by atoms with Crippen LogP contribution >= 0.6 is 0 Å². The zero-order valence-corrected chi connectivity index (χ0v) is 24.4. The molecular weight excluding hydrogens is 500 g/mol. The van der Waals surface area contributed by atoms with E-state index in [0.717, 1.165) is 32.6 Å². The molecule has 0 bridgehead atoms. The Labute approximate surface area is 239 Å². The molecule has 0 aromatic heterocycles. The highest BCUT2D eigenvalue weighted by atomic mass is 16.6. The van der Waals surface area contributed by atoms with Crippen LogP contribution in [0.1, 0.15) is 70.4 Å². The molecule has 2 saturated carbocycles. The van der Waals surface area contributed by atoms with Crippen molar-refractivity contribution in [3.8, 4) is 0 Å². The molecular formula is C34H46N2O4. The van der Waals surface area contributed by atoms with Gasteiger partial charge in [0.15, 0.2) is 0 Å². The zero-order valence-electron chi connectivity index (χ0n) is 24.4. The van der Waals surface area contributed by atoms with Gasteiger partial charge in [0, 0.05) is 26.2 Å². The van der Waals surface area contributed by atoms with Gasteiger partial charge in [0.1, 0.15) is 17.7 Å². The lowest BCUT2D eigenvalue weighted by molar-refractivity contribution is -0.162. The van der Waals surface area contributed by atoms with Crippen molar-refractivity contribution in [3.63, 3.8) is 0 Å². The molecule has 216 valence electrons. The molecule has 6 nitrogen and oxygen atoms in total. The smallest absolute Gasteiger partial charge is 0.324 e. The van der Waals surface area contributed by atoms with Crippen molar-refractivity contribution in [3.05, 3.63) is 71.8 Å². The van der Waals surface area contributed by atoms with E-state index in [1.165, 1.54) is 43.2 Å². The lowest BCUT2D eigenvalue weighted by Gasteiger charge is -2.29. The normalized spacial score (nSPS) is 29.9. The lowest BCUT2D eigenvalue weighted by Crippen LogP contribution is -2.43. The highest BCUT2D eigenvalue weighted by Crippen LogP contribution is 2.44. The molecule has 0 spiro atoms. The number of aliphatic carboxylic acids is 1. The third-order valence-electron chi connectivity index (χ3n) is 9.33. The molecule has 2 aliphatic carbocycles. The van der Waals surface area contributed by atoms with Crippen LogP contribution in [0.3, 0.4) is 0 Å². The predicted molar refractivity (Wildman–Crippen MR) is 156 cm³/mol. The van der Waals surface area contributed by atoms with Crippen LogP contribution in [0.2, 0.25) is 0 Å². The molecule has 4 fully saturated rings. The van der Waals surface area contributed by atoms with Gasteiger partial charge in [0.05, 0.1) is 0 Å². The fraction of sp³-hybridized carbons (Fsp3) is 0.588. The molecule has 6 heteroatoms. The Balaban J connectivity index is 0.000000164. The first-order valence-electron chi connectivity index (χ1n) is 15.2. The van der Waals surface area contributed by atoms with Gasteiger partial charge in [-0.05, 0) is 81.3 Å². The first-order chi connectivity index (χ1) is 19.2. The Kier molecular flexibility index (Phi) is 8.96. The number of likely N-dealkylation sites (tertiary alicyclic amines) is 2. The van der Waals surface area contributed by atoms with Gasteiger partial charge < -0.3 is 9.84 Å². The summed E-state index contributed by atoms with van der Waals surface area (Å²) in [6.45, 7) is 9.46. The second-order valence-corrected chi connectivity index (χ2v) is 13.3. The third kappa shape index (κ3) is 6.77. The maximum atomic E-state index is 12.7. The summed E-state index contributed by atoms with van der Waals surface area (Å²) in [4.78, 5) is 28.7. The van der Waals surface area contributed by atoms with Crippen molar-refractivity contribution in [1.29, 1.82) is 0 Å². The number of carboxylic acid groups (broad SMARTS) is 1. The van der Waals surface area contributed by atoms with Crippen LogP contribution in [0.4, 0.5) is 0 Å². The molecule has 6 atom stereocenters. The van der Waals surface area contributed by atoms with Crippen LogP contribution in [-0.4, -0.2) is 57.6 Å². The minimum Gasteiger partial charge on any atom is -0.480 e. The van der Waals surface area contributed by atoms with Crippen LogP contribution in [-0.2, 0) is 27.4 Å². The Bertz CT molecular complexity index is 1130. The summed E-state index contributed by atoms with van der Waals surface area (Å²) >= 11 is 0. The molecule has 6 rings (SSSR count). The monoisotopic (exact) mass is 546 g/mol. The third-order valence-corrected chi connectivity index (χ3v) is 9.33. The van der Waals surface area contributed by atoms with Gasteiger partial charge >= 0.3 is 11.9 Å². The fourth-order valence-electron chi connectivity index (χ4n) is 7.77. The van der Waals surface area contributed by atoms with Crippen LogP contribution in [0.25, 0.3) is 0 Å². The molecule has 2 aliphatic heterocycles. The van der Waals surface area contributed by atoms with Gasteiger partial charge in [-0.2, -0.15) is 0 Å². The van der Waals surface area contributed by atoms with Gasteiger partial charge in [-0.1, -0.05) is 73.5 Å². The Morgan fingerprint density at radius 2 is 1.20 bits per heavy atom. The molecule has 2 heterocycles. The van der Waals surface area contributed by atoms with Crippen LogP contribution in [0.5, 0.6) is 0 Å². The van der Waals surface area contributed by atoms with Gasteiger partial charge in [0.25, 0.3) is 0 Å². The number of carbonyl (C=O) groups excluding carboxylic acids is 1. The average Bonchev–Trinajstić information content (AvgIpc) is 3.66. The molecule has 4 aliphatic rings. The van der Waals surface area contributed by atoms with E-state index in [4.69, 9.17) is 4.74 Å². The second kappa shape index (κ2) is 12.4. The van der Waals surface area contributed by atoms with Crippen LogP contribution in [0.15, 0.2) is 60.7 Å². The first kappa shape index (κ1) is 28.8. The zero-order chi connectivity index (χ0) is 28.3. The van der Waals surface area contributed by atoms with Gasteiger partial charge in [-0.25, -0.2) is 0 Å². The van der Waals surface area contributed by atoms with Crippen molar-refractivity contribution in [2.45, 2.75) is 90.1 Å². The molecule has 40 heavy (non-hydrogen) atoms. The topological polar surface area (TPSA) is 70.1 Å². The van der Waals surface area contributed by atoms with Gasteiger partial charge in [0.2, 0.25) is 0 Å². The summed E-state index contributed by atoms with van der Waals surface area (Å²) in [5, 5.41) is 9.47. The first-order valence-corrected chi connectivity index (χ1v) is 15.2. The van der Waals surface area contributed by atoms with Crippen molar-refractivity contribution >= 4 is 11.9 Å². The van der Waals surface area contributed by atoms with Gasteiger partial charge in [-0.15, -0.1) is 0 Å². The largest absolute Gasteiger partial charge is 0.480 e. The van der Waals surface area contributed by atoms with E-state index < -0.39 is 11.6 Å². The Hall–Kier alpha value is -2.70. The predicted octanol–water partition coefficient (Wildman–Crippen LogP) is 6.00. The van der Waals surface area contributed by atoms with Crippen molar-refractivity contribution < 1.29 is 19.4 Å². The van der Waals surface area contributed by atoms with Crippen molar-refractivity contribution in [2.24, 2.45) is 23.7 Å². The molecule has 0 unspecified atom stereocenters. The van der Waals surface area contributed by atoms with E-state index in [-0.39, 0.29) is 18.1 Å². The number of rotatable bonds is 6. The number of hydrogen-bond donors (Lipinski definition) is 1. The second-order valence-electron chi connectivity index (χ2n) is 13.3. The van der Waals surface area contributed by atoms with E-state index in [1.54, 1.807) is 0 Å². The summed E-state index contributed by atoms with van der Waals surface area (Å²) in [6.07, 6.45) is 7.19. The number of hydrogen-bond acceptors (Lipinski definition) is 5. The summed E-state index contributed by atoms with van der Waals surface area (Å²) in [5.74, 6) is 1.47. The highest BCUT2D eigenvalue weighted by molar-refractivity contribution is 5.77. The average molecular weight is 547 g/mol. The standard InChI is InChI=1S/C19H27NO2.C15H19NO2/c1-19(2,3)22-18(21)17-16-11-7-10-15(16)13-20(17)12-14-8-5-4-6-9-14;17-15(18)14-13-8-4-7-12(13)10-16(14)9-11-5-2-1-3-6-11/h4-6,8-9,15-17H,7,10-13H2,1-3H3;1-3,5-6,12-14H,4,7-10H2,(H,17,18)/t15-,16-,17-;12-,13-,14-/m00/s1. The number of ether oxygens (including phenoxy) is 1. The number of benzene rings is 2. The van der Waals surface area contributed by atoms with E-state index in [2.05, 4.69) is 46.2 Å². The summed E-state index contributed by atoms with van der Waals surface area (Å²) in [6, 6.07) is 20.3. The Morgan fingerprint density at radius 1 is 0.750 bits per heavy atom. The number of carbonyl (C=O) groups is 2. The highest BCUT2D eigenvalue weighted by Gasteiger charge is 2.49. The number of fused-ring (bicyclic) bond motifs is 2. The van der Waals surface area contributed by atoms with Crippen LogP contribution in [0, 0.1) is 23.7 Å². The number of carboxylic acids is 1. The maximum absolute atomic E-state index is 12.7. The molecule has 0 radical (unpaired) electrons. The minimum absolute atomic E-state index is 0.0298. The molecule has 2 aromatic carbocycles. The number of esters is 1. The SMILES string of the molecule is CC(C)(C)OC(=O)[C@@H]1[C@H]2CCC[C@H]2CN1Cc1ccccc1.O=C(O)[C@@H]1[C@H]2CCC[C@H]2CN1Cc1ccccc1. The van der Waals surface area contributed by atoms with Gasteiger partial charge in [-0.3, -0.25) is 19.4 Å². The summed E-state index contributed by atoms with van der Waals surface area (Å²) in [5.41, 5.74) is 2.08. The van der Waals surface area contributed by atoms with Crippen LogP contribution < -0.4 is 0 Å². The molecule has 0 amide bonds. The number of nitrogens with zero attached hydrogens (tertiary/aromatic N) is 2. The lowest BCUT2D eigenvalue weighted by atomic mass is 9.94. The van der Waals surface area contributed by atoms with Crippen molar-refractivity contribution in [1.82, 2.24) is 9.80 Å². The van der Waals surface area contributed by atoms with E-state index >= 15 is 0 Å². The molecule has 2 aromatic rings. The van der Waals surface area contributed by atoms with Crippen molar-refractivity contribution in [2.75, 3.05) is 13.1 Å². The Morgan fingerprint density at radius 3 is 1.65 bits per heavy atom. The fourth-order valence-corrected chi connectivity index (χ4v) is 7.77. The molecule has 2 saturated heterocycles. The summed E-state index contributed by atoms with van der Waals surface area (Å²) < 4.78 is 5.72.